The van der Waals surface area contributed by atoms with E-state index < -0.39 is 5.56 Å². The fourth-order valence-electron chi connectivity index (χ4n) is 1.96. The molecule has 120 valence electrons. The van der Waals surface area contributed by atoms with Crippen LogP contribution in [0.4, 0.5) is 0 Å². The maximum Gasteiger partial charge on any atom is 0.269 e. The van der Waals surface area contributed by atoms with Crippen LogP contribution in [0.3, 0.4) is 0 Å². The van der Waals surface area contributed by atoms with Crippen LogP contribution in [0, 0.1) is 0 Å². The van der Waals surface area contributed by atoms with Gasteiger partial charge in [-0.25, -0.2) is 0 Å². The molecular formula is C16H13Cl3N2O2. The van der Waals surface area contributed by atoms with Gasteiger partial charge >= 0.3 is 0 Å². The van der Waals surface area contributed by atoms with Gasteiger partial charge in [0.15, 0.2) is 0 Å². The molecule has 0 unspecified atom stereocenters. The minimum Gasteiger partial charge on any atom is -0.349 e. The molecule has 1 amide bonds. The highest BCUT2D eigenvalue weighted by atomic mass is 35.5. The number of rotatable bonds is 5. The van der Waals surface area contributed by atoms with Gasteiger partial charge in [-0.3, -0.25) is 9.59 Å². The zero-order chi connectivity index (χ0) is 17.0. The number of nitrogens with one attached hydrogen (secondary N) is 1. The first-order chi connectivity index (χ1) is 10.9. The second-order valence-corrected chi connectivity index (χ2v) is 5.93. The second kappa shape index (κ2) is 7.68. The highest BCUT2D eigenvalue weighted by molar-refractivity contribution is 6.36. The minimum atomic E-state index is -0.428. The standard InChI is InChI=1S/C16H13Cl3N2O2/c1-2-6-20-15(22)10-7-14(19)16(23)21(8-10)9-11-12(17)4-3-5-13(11)18/h2-5,7-8H,1,6,9H2,(H,20,22). The van der Waals surface area contributed by atoms with E-state index in [1.807, 2.05) is 0 Å². The second-order valence-electron chi connectivity index (χ2n) is 4.71. The van der Waals surface area contributed by atoms with Crippen molar-refractivity contribution in [3.8, 4) is 0 Å². The van der Waals surface area contributed by atoms with Gasteiger partial charge in [0.25, 0.3) is 11.5 Å². The summed E-state index contributed by atoms with van der Waals surface area (Å²) in [6, 6.07) is 6.39. The van der Waals surface area contributed by atoms with Crippen LogP contribution >= 0.6 is 34.8 Å². The molecule has 1 aromatic carbocycles. The summed E-state index contributed by atoms with van der Waals surface area (Å²) in [5, 5.41) is 3.43. The molecule has 0 bridgehead atoms. The zero-order valence-electron chi connectivity index (χ0n) is 12.0. The summed E-state index contributed by atoms with van der Waals surface area (Å²) in [7, 11) is 0. The number of aromatic nitrogens is 1. The van der Waals surface area contributed by atoms with Crippen molar-refractivity contribution in [3.05, 3.63) is 79.7 Å². The maximum atomic E-state index is 12.2. The average molecular weight is 372 g/mol. The normalized spacial score (nSPS) is 10.4. The SMILES string of the molecule is C=CCNC(=O)c1cc(Cl)c(=O)n(Cc2c(Cl)cccc2Cl)c1. The third kappa shape index (κ3) is 4.16. The van der Waals surface area contributed by atoms with Gasteiger partial charge in [-0.15, -0.1) is 6.58 Å². The van der Waals surface area contributed by atoms with Crippen LogP contribution < -0.4 is 10.9 Å². The molecular weight excluding hydrogens is 359 g/mol. The summed E-state index contributed by atoms with van der Waals surface area (Å²) < 4.78 is 1.30. The molecule has 2 rings (SSSR count). The van der Waals surface area contributed by atoms with Crippen LogP contribution in [0.25, 0.3) is 0 Å². The third-order valence-electron chi connectivity index (χ3n) is 3.10. The summed E-state index contributed by atoms with van der Waals surface area (Å²) >= 11 is 18.2. The Kier molecular flexibility index (Phi) is 5.88. The zero-order valence-corrected chi connectivity index (χ0v) is 14.3. The van der Waals surface area contributed by atoms with Crippen molar-refractivity contribution in [3.63, 3.8) is 0 Å². The molecule has 0 radical (unpaired) electrons. The van der Waals surface area contributed by atoms with Crippen LogP contribution in [-0.2, 0) is 6.54 Å². The Hall–Kier alpha value is -1.75. The van der Waals surface area contributed by atoms with Gasteiger partial charge in [-0.1, -0.05) is 46.9 Å². The lowest BCUT2D eigenvalue weighted by molar-refractivity contribution is 0.0957. The first-order valence-corrected chi connectivity index (χ1v) is 7.79. The third-order valence-corrected chi connectivity index (χ3v) is 4.08. The molecule has 1 heterocycles. The van der Waals surface area contributed by atoms with Crippen molar-refractivity contribution in [2.45, 2.75) is 6.54 Å². The van der Waals surface area contributed by atoms with E-state index in [1.54, 1.807) is 24.3 Å². The molecule has 0 atom stereocenters. The first kappa shape index (κ1) is 17.6. The van der Waals surface area contributed by atoms with Crippen molar-refractivity contribution in [2.75, 3.05) is 6.54 Å². The fraction of sp³-hybridized carbons (Fsp3) is 0.125. The number of hydrogen-bond donors (Lipinski definition) is 1. The molecule has 0 saturated carbocycles. The smallest absolute Gasteiger partial charge is 0.269 e. The quantitative estimate of drug-likeness (QED) is 0.813. The monoisotopic (exact) mass is 370 g/mol. The van der Waals surface area contributed by atoms with Crippen LogP contribution in [0.5, 0.6) is 0 Å². The molecule has 1 N–H and O–H groups in total. The van der Waals surface area contributed by atoms with Crippen LogP contribution in [0.1, 0.15) is 15.9 Å². The summed E-state index contributed by atoms with van der Waals surface area (Å²) in [4.78, 5) is 24.2. The summed E-state index contributed by atoms with van der Waals surface area (Å²) in [5.41, 5.74) is 0.417. The summed E-state index contributed by atoms with van der Waals surface area (Å²) in [6.45, 7) is 3.95. The van der Waals surface area contributed by atoms with E-state index in [0.717, 1.165) is 0 Å². The predicted octanol–water partition coefficient (Wildman–Crippen LogP) is 3.77. The number of carbonyl (C=O) groups excluding carboxylic acids is 1. The molecule has 0 spiro atoms. The van der Waals surface area contributed by atoms with Crippen molar-refractivity contribution < 1.29 is 4.79 Å². The Balaban J connectivity index is 2.42. The predicted molar refractivity (Wildman–Crippen MR) is 93.8 cm³/mol. The van der Waals surface area contributed by atoms with Crippen LogP contribution in [0.15, 0.2) is 47.9 Å². The summed E-state index contributed by atoms with van der Waals surface area (Å²) in [6.07, 6.45) is 2.98. The van der Waals surface area contributed by atoms with Crippen molar-refractivity contribution in [1.82, 2.24) is 9.88 Å². The van der Waals surface area contributed by atoms with Gasteiger partial charge in [0.1, 0.15) is 5.02 Å². The summed E-state index contributed by atoms with van der Waals surface area (Å²) in [5.74, 6) is -0.356. The maximum absolute atomic E-state index is 12.2. The Labute approximate surface area is 148 Å². The van der Waals surface area contributed by atoms with E-state index in [4.69, 9.17) is 34.8 Å². The lowest BCUT2D eigenvalue weighted by atomic mass is 10.2. The van der Waals surface area contributed by atoms with E-state index in [9.17, 15) is 9.59 Å². The van der Waals surface area contributed by atoms with Gasteiger partial charge in [-0.2, -0.15) is 0 Å². The molecule has 0 saturated heterocycles. The molecule has 1 aromatic heterocycles. The molecule has 0 aliphatic heterocycles. The number of benzene rings is 1. The molecule has 0 aliphatic rings. The number of carbonyl (C=O) groups is 1. The Morgan fingerprint density at radius 3 is 2.48 bits per heavy atom. The van der Waals surface area contributed by atoms with E-state index in [-0.39, 0.29) is 23.0 Å². The Morgan fingerprint density at radius 1 is 1.22 bits per heavy atom. The van der Waals surface area contributed by atoms with Crippen molar-refractivity contribution in [2.24, 2.45) is 0 Å². The van der Waals surface area contributed by atoms with Gasteiger partial charge in [-0.05, 0) is 18.2 Å². The van der Waals surface area contributed by atoms with Crippen LogP contribution in [0.2, 0.25) is 15.1 Å². The molecule has 7 heteroatoms. The van der Waals surface area contributed by atoms with Gasteiger partial charge in [0.05, 0.1) is 12.1 Å². The molecule has 2 aromatic rings. The van der Waals surface area contributed by atoms with Gasteiger partial charge in [0.2, 0.25) is 0 Å². The Bertz CT molecular complexity index is 795. The van der Waals surface area contributed by atoms with E-state index >= 15 is 0 Å². The van der Waals surface area contributed by atoms with E-state index in [1.165, 1.54) is 16.8 Å². The highest BCUT2D eigenvalue weighted by Crippen LogP contribution is 2.25. The van der Waals surface area contributed by atoms with Crippen LogP contribution in [-0.4, -0.2) is 17.0 Å². The lowest BCUT2D eigenvalue weighted by Gasteiger charge is -2.12. The molecule has 4 nitrogen and oxygen atoms in total. The largest absolute Gasteiger partial charge is 0.349 e. The number of halogens is 3. The lowest BCUT2D eigenvalue weighted by Crippen LogP contribution is -2.27. The Morgan fingerprint density at radius 2 is 1.87 bits per heavy atom. The molecule has 23 heavy (non-hydrogen) atoms. The minimum absolute atomic E-state index is 0.0561. The first-order valence-electron chi connectivity index (χ1n) is 6.66. The number of pyridine rings is 1. The van der Waals surface area contributed by atoms with Crippen molar-refractivity contribution in [1.29, 1.82) is 0 Å². The number of amides is 1. The number of hydrogen-bond acceptors (Lipinski definition) is 2. The highest BCUT2D eigenvalue weighted by Gasteiger charge is 2.13. The number of nitrogens with zero attached hydrogens (tertiary/aromatic N) is 1. The molecule has 0 fully saturated rings. The van der Waals surface area contributed by atoms with Gasteiger partial charge in [0, 0.05) is 28.4 Å². The molecule has 0 aliphatic carbocycles. The fourth-order valence-corrected chi connectivity index (χ4v) is 2.70. The van der Waals surface area contributed by atoms with Gasteiger partial charge < -0.3 is 9.88 Å². The average Bonchev–Trinajstić information content (AvgIpc) is 2.52. The van der Waals surface area contributed by atoms with E-state index in [0.29, 0.717) is 22.2 Å². The topological polar surface area (TPSA) is 51.1 Å². The van der Waals surface area contributed by atoms with Crippen molar-refractivity contribution >= 4 is 40.7 Å². The van der Waals surface area contributed by atoms with E-state index in [2.05, 4.69) is 11.9 Å².